The Hall–Kier alpha value is -1.31. The maximum atomic E-state index is 12.4. The minimum Gasteiger partial charge on any atom is -0.353 e. The van der Waals surface area contributed by atoms with Gasteiger partial charge in [0.2, 0.25) is 5.91 Å². The van der Waals surface area contributed by atoms with Gasteiger partial charge in [-0.05, 0) is 39.5 Å². The number of piperidine rings is 2. The smallest absolute Gasteiger partial charge is 0.353 e. The first-order valence-corrected chi connectivity index (χ1v) is 8.59. The molecule has 2 fully saturated rings. The van der Waals surface area contributed by atoms with Gasteiger partial charge in [0.15, 0.2) is 0 Å². The van der Waals surface area contributed by atoms with Gasteiger partial charge in [0.05, 0.1) is 0 Å². The Balaban J connectivity index is 1.75. The van der Waals surface area contributed by atoms with E-state index in [2.05, 4.69) is 24.1 Å². The van der Waals surface area contributed by atoms with E-state index in [4.69, 9.17) is 0 Å². The zero-order valence-corrected chi connectivity index (χ0v) is 14.2. The van der Waals surface area contributed by atoms with Gasteiger partial charge >= 0.3 is 12.1 Å². The Bertz CT molecular complexity index is 452. The average molecular weight is 349 g/mol. The molecule has 0 radical (unpaired) electrons. The summed E-state index contributed by atoms with van der Waals surface area (Å²) in [4.78, 5) is 26.7. The van der Waals surface area contributed by atoms with Gasteiger partial charge in [-0.2, -0.15) is 13.2 Å². The van der Waals surface area contributed by atoms with Crippen LogP contribution in [0, 0.1) is 5.92 Å². The Kier molecular flexibility index (Phi) is 6.11. The van der Waals surface area contributed by atoms with Crippen LogP contribution < -0.4 is 5.32 Å². The lowest BCUT2D eigenvalue weighted by molar-refractivity contribution is -0.186. The van der Waals surface area contributed by atoms with E-state index >= 15 is 0 Å². The molecule has 138 valence electrons. The quantitative estimate of drug-likeness (QED) is 0.845. The summed E-state index contributed by atoms with van der Waals surface area (Å²) in [6.07, 6.45) is -2.46. The first-order valence-electron chi connectivity index (χ1n) is 8.59. The predicted molar refractivity (Wildman–Crippen MR) is 83.2 cm³/mol. The van der Waals surface area contributed by atoms with Gasteiger partial charge in [0.1, 0.15) is 0 Å². The summed E-state index contributed by atoms with van der Waals surface area (Å²) in [6.45, 7) is 6.16. The molecule has 2 aliphatic heterocycles. The van der Waals surface area contributed by atoms with E-state index in [9.17, 15) is 22.8 Å². The molecule has 0 spiro atoms. The standard InChI is InChI=1S/C16H26F3N3O2/c1-11(2)21-9-5-13(6-10-21)20-14(23)12-3-7-22(8-4-12)15(24)16(17,18)19/h11-13H,3-10H2,1-2H3,(H,20,23). The fourth-order valence-corrected chi connectivity index (χ4v) is 3.40. The molecule has 2 aliphatic rings. The SMILES string of the molecule is CC(C)N1CCC(NC(=O)C2CCN(C(=O)C(F)(F)F)CC2)CC1. The normalized spacial score (nSPS) is 22.0. The number of hydrogen-bond acceptors (Lipinski definition) is 3. The second-order valence-electron chi connectivity index (χ2n) is 6.98. The Morgan fingerprint density at radius 2 is 1.54 bits per heavy atom. The van der Waals surface area contributed by atoms with E-state index in [1.807, 2.05) is 0 Å². The number of alkyl halides is 3. The van der Waals surface area contributed by atoms with E-state index < -0.39 is 12.1 Å². The van der Waals surface area contributed by atoms with Gasteiger partial charge in [-0.1, -0.05) is 0 Å². The van der Waals surface area contributed by atoms with E-state index in [-0.39, 0.29) is 31.0 Å². The molecule has 0 atom stereocenters. The Morgan fingerprint density at radius 1 is 1.00 bits per heavy atom. The van der Waals surface area contributed by atoms with Gasteiger partial charge in [0, 0.05) is 44.2 Å². The van der Waals surface area contributed by atoms with Gasteiger partial charge in [-0.25, -0.2) is 0 Å². The van der Waals surface area contributed by atoms with Crippen molar-refractivity contribution in [2.75, 3.05) is 26.2 Å². The van der Waals surface area contributed by atoms with Crippen molar-refractivity contribution in [3.8, 4) is 0 Å². The third-order valence-corrected chi connectivity index (χ3v) is 5.00. The molecule has 0 aromatic rings. The molecule has 5 nitrogen and oxygen atoms in total. The molecule has 0 aromatic heterocycles. The average Bonchev–Trinajstić information content (AvgIpc) is 2.54. The Labute approximate surface area is 140 Å². The van der Waals surface area contributed by atoms with Gasteiger partial charge < -0.3 is 15.1 Å². The number of carbonyl (C=O) groups is 2. The van der Waals surface area contributed by atoms with Crippen LogP contribution in [0.1, 0.15) is 39.5 Å². The molecule has 0 aliphatic carbocycles. The highest BCUT2D eigenvalue weighted by molar-refractivity contribution is 5.83. The lowest BCUT2D eigenvalue weighted by Gasteiger charge is -2.36. The van der Waals surface area contributed by atoms with Crippen LogP contribution in [0.25, 0.3) is 0 Å². The highest BCUT2D eigenvalue weighted by atomic mass is 19.4. The van der Waals surface area contributed by atoms with Crippen molar-refractivity contribution in [3.63, 3.8) is 0 Å². The molecule has 2 saturated heterocycles. The molecule has 0 saturated carbocycles. The topological polar surface area (TPSA) is 52.7 Å². The predicted octanol–water partition coefficient (Wildman–Crippen LogP) is 1.78. The monoisotopic (exact) mass is 349 g/mol. The minimum atomic E-state index is -4.83. The number of rotatable bonds is 3. The lowest BCUT2D eigenvalue weighted by atomic mass is 9.94. The summed E-state index contributed by atoms with van der Waals surface area (Å²) < 4.78 is 37.2. The number of carbonyl (C=O) groups excluding carboxylic acids is 2. The summed E-state index contributed by atoms with van der Waals surface area (Å²) in [7, 11) is 0. The van der Waals surface area contributed by atoms with Crippen LogP contribution in [0.5, 0.6) is 0 Å². The molecular weight excluding hydrogens is 323 g/mol. The molecule has 8 heteroatoms. The first kappa shape index (κ1) is 19.0. The van der Waals surface area contributed by atoms with Crippen LogP contribution in [-0.4, -0.2) is 66.1 Å². The number of nitrogens with one attached hydrogen (secondary N) is 1. The van der Waals surface area contributed by atoms with Gasteiger partial charge in [-0.15, -0.1) is 0 Å². The van der Waals surface area contributed by atoms with Crippen LogP contribution in [0.4, 0.5) is 13.2 Å². The molecule has 2 rings (SSSR count). The van der Waals surface area contributed by atoms with Gasteiger partial charge in [-0.3, -0.25) is 9.59 Å². The highest BCUT2D eigenvalue weighted by Crippen LogP contribution is 2.24. The maximum Gasteiger partial charge on any atom is 0.471 e. The lowest BCUT2D eigenvalue weighted by Crippen LogP contribution is -2.50. The number of halogens is 3. The van der Waals surface area contributed by atoms with Crippen LogP contribution in [0.2, 0.25) is 0 Å². The van der Waals surface area contributed by atoms with E-state index in [1.54, 1.807) is 0 Å². The summed E-state index contributed by atoms with van der Waals surface area (Å²) >= 11 is 0. The van der Waals surface area contributed by atoms with Crippen LogP contribution >= 0.6 is 0 Å². The fourth-order valence-electron chi connectivity index (χ4n) is 3.40. The van der Waals surface area contributed by atoms with E-state index in [0.717, 1.165) is 30.8 Å². The molecule has 24 heavy (non-hydrogen) atoms. The van der Waals surface area contributed by atoms with Crippen LogP contribution in [0.3, 0.4) is 0 Å². The second kappa shape index (κ2) is 7.72. The van der Waals surface area contributed by atoms with Crippen molar-refractivity contribution in [1.29, 1.82) is 0 Å². The third-order valence-electron chi connectivity index (χ3n) is 5.00. The van der Waals surface area contributed by atoms with Gasteiger partial charge in [0.25, 0.3) is 0 Å². The second-order valence-corrected chi connectivity index (χ2v) is 6.98. The molecule has 2 heterocycles. The molecule has 0 aromatic carbocycles. The third kappa shape index (κ3) is 4.84. The summed E-state index contributed by atoms with van der Waals surface area (Å²) in [5.74, 6) is -2.19. The van der Waals surface area contributed by atoms with Crippen LogP contribution in [-0.2, 0) is 9.59 Å². The summed E-state index contributed by atoms with van der Waals surface area (Å²) in [5.41, 5.74) is 0. The molecular formula is C16H26F3N3O2. The number of hydrogen-bond donors (Lipinski definition) is 1. The minimum absolute atomic E-state index is 0.0117. The molecule has 0 unspecified atom stereocenters. The van der Waals surface area contributed by atoms with Crippen molar-refractivity contribution in [1.82, 2.24) is 15.1 Å². The summed E-state index contributed by atoms with van der Waals surface area (Å²) in [5, 5.41) is 3.03. The molecule has 0 bridgehead atoms. The van der Waals surface area contributed by atoms with Crippen molar-refractivity contribution in [2.45, 2.75) is 57.8 Å². The number of nitrogens with zero attached hydrogens (tertiary/aromatic N) is 2. The van der Waals surface area contributed by atoms with Crippen molar-refractivity contribution >= 4 is 11.8 Å². The first-order chi connectivity index (χ1) is 11.2. The number of likely N-dealkylation sites (tertiary alicyclic amines) is 2. The fraction of sp³-hybridized carbons (Fsp3) is 0.875. The van der Waals surface area contributed by atoms with Crippen LogP contribution in [0.15, 0.2) is 0 Å². The molecule has 2 amide bonds. The largest absolute Gasteiger partial charge is 0.471 e. The summed E-state index contributed by atoms with van der Waals surface area (Å²) in [6, 6.07) is 0.638. The van der Waals surface area contributed by atoms with E-state index in [1.165, 1.54) is 0 Å². The van der Waals surface area contributed by atoms with Crippen molar-refractivity contribution in [3.05, 3.63) is 0 Å². The van der Waals surface area contributed by atoms with Crippen molar-refractivity contribution < 1.29 is 22.8 Å². The van der Waals surface area contributed by atoms with Crippen molar-refractivity contribution in [2.24, 2.45) is 5.92 Å². The number of amides is 2. The maximum absolute atomic E-state index is 12.4. The Morgan fingerprint density at radius 3 is 2.00 bits per heavy atom. The zero-order chi connectivity index (χ0) is 17.9. The van der Waals surface area contributed by atoms with E-state index in [0.29, 0.717) is 18.9 Å². The molecule has 1 N–H and O–H groups in total. The zero-order valence-electron chi connectivity index (χ0n) is 14.2. The highest BCUT2D eigenvalue weighted by Gasteiger charge is 2.43.